The van der Waals surface area contributed by atoms with Gasteiger partial charge in [0.25, 0.3) is 0 Å². The van der Waals surface area contributed by atoms with Gasteiger partial charge >= 0.3 is 0 Å². The molecule has 0 N–H and O–H groups in total. The summed E-state index contributed by atoms with van der Waals surface area (Å²) in [4.78, 5) is 21.2. The van der Waals surface area contributed by atoms with Gasteiger partial charge in [-0.05, 0) is 60.4 Å². The summed E-state index contributed by atoms with van der Waals surface area (Å²) < 4.78 is 21.2. The molecule has 182 valence electrons. The number of aromatic nitrogens is 4. The van der Waals surface area contributed by atoms with Crippen molar-refractivity contribution in [2.75, 3.05) is 0 Å². The van der Waals surface area contributed by atoms with Gasteiger partial charge in [-0.15, -0.1) is 0 Å². The normalized spacial score (nSPS) is 15.7. The summed E-state index contributed by atoms with van der Waals surface area (Å²) in [5.41, 5.74) is 3.49. The lowest BCUT2D eigenvalue weighted by Gasteiger charge is -2.04. The zero-order chi connectivity index (χ0) is 24.9. The van der Waals surface area contributed by atoms with Gasteiger partial charge in [0, 0.05) is 25.0 Å². The van der Waals surface area contributed by atoms with Crippen LogP contribution in [0.15, 0.2) is 68.7 Å². The van der Waals surface area contributed by atoms with Crippen LogP contribution in [0, 0.1) is 13.8 Å². The maximum Gasteiger partial charge on any atom is 0.223 e. The second-order valence-corrected chi connectivity index (χ2v) is 8.34. The zero-order valence-corrected chi connectivity index (χ0v) is 19.9. The van der Waals surface area contributed by atoms with Crippen molar-refractivity contribution in [2.24, 2.45) is 0 Å². The van der Waals surface area contributed by atoms with Crippen molar-refractivity contribution in [2.45, 2.75) is 39.9 Å². The Hall–Kier alpha value is -4.53. The van der Waals surface area contributed by atoms with Gasteiger partial charge in [0.05, 0.1) is 0 Å². The van der Waals surface area contributed by atoms with Crippen LogP contribution in [-0.2, 0) is 18.0 Å². The highest BCUT2D eigenvalue weighted by atomic mass is 16.5. The van der Waals surface area contributed by atoms with Crippen molar-refractivity contribution in [3.05, 3.63) is 94.2 Å². The number of Topliss-reactive ketones (excluding diaryl/α,β-unsaturated/α-hetero) is 1. The highest BCUT2D eigenvalue weighted by molar-refractivity contribution is 6.15. The van der Waals surface area contributed by atoms with E-state index in [1.54, 1.807) is 13.8 Å². The third-order valence-electron chi connectivity index (χ3n) is 5.56. The molecule has 0 saturated heterocycles. The zero-order valence-electron chi connectivity index (χ0n) is 19.9. The maximum absolute atomic E-state index is 12.9. The number of hydrogen-bond acceptors (Lipinski definition) is 9. The number of ketones is 1. The lowest BCUT2D eigenvalue weighted by atomic mass is 10.1. The quantitative estimate of drug-likeness (QED) is 0.317. The Balaban J connectivity index is 1.17. The first-order valence-electron chi connectivity index (χ1n) is 11.5. The summed E-state index contributed by atoms with van der Waals surface area (Å²) in [6, 6.07) is 15.1. The Morgan fingerprint density at radius 1 is 0.722 bits per heavy atom. The number of allylic oxidation sites excluding steroid dienone is 2. The van der Waals surface area contributed by atoms with E-state index >= 15 is 0 Å². The van der Waals surface area contributed by atoms with Gasteiger partial charge in [-0.2, -0.15) is 9.97 Å². The summed E-state index contributed by atoms with van der Waals surface area (Å²) in [5, 5.41) is 7.62. The van der Waals surface area contributed by atoms with E-state index in [1.165, 1.54) is 0 Å². The Morgan fingerprint density at radius 2 is 1.14 bits per heavy atom. The predicted molar refractivity (Wildman–Crippen MR) is 130 cm³/mol. The highest BCUT2D eigenvalue weighted by Crippen LogP contribution is 2.30. The van der Waals surface area contributed by atoms with Gasteiger partial charge in [-0.1, -0.05) is 34.6 Å². The molecule has 1 aliphatic rings. The number of aryl methyl sites for hydroxylation is 2. The van der Waals surface area contributed by atoms with Gasteiger partial charge in [0.1, 0.15) is 11.5 Å². The van der Waals surface area contributed by atoms with E-state index in [4.69, 9.17) is 18.5 Å². The van der Waals surface area contributed by atoms with Crippen LogP contribution in [0.1, 0.15) is 47.4 Å². The predicted octanol–water partition coefficient (Wildman–Crippen LogP) is 5.06. The number of carbonyl (C=O) groups is 1. The third-order valence-corrected chi connectivity index (χ3v) is 5.56. The van der Waals surface area contributed by atoms with Crippen LogP contribution in [0.2, 0.25) is 0 Å². The summed E-state index contributed by atoms with van der Waals surface area (Å²) in [7, 11) is 0. The van der Waals surface area contributed by atoms with Crippen LogP contribution in [0.4, 0.5) is 0 Å². The van der Waals surface area contributed by atoms with Gasteiger partial charge in [0.2, 0.25) is 23.4 Å². The second-order valence-electron chi connectivity index (χ2n) is 8.34. The molecule has 0 atom stereocenters. The number of carbonyl (C=O) groups excluding carboxylic acids is 1. The molecular weight excluding hydrogens is 460 g/mol. The Morgan fingerprint density at radius 3 is 1.50 bits per heavy atom. The van der Waals surface area contributed by atoms with E-state index < -0.39 is 0 Å². The molecule has 2 aromatic heterocycles. The molecule has 5 rings (SSSR count). The summed E-state index contributed by atoms with van der Waals surface area (Å²) in [6.07, 6.45) is 5.30. The highest BCUT2D eigenvalue weighted by Gasteiger charge is 2.23. The molecular formula is C27H24N4O5. The minimum atomic E-state index is 0.0793. The van der Waals surface area contributed by atoms with Crippen molar-refractivity contribution in [1.29, 1.82) is 0 Å². The maximum atomic E-state index is 12.9. The van der Waals surface area contributed by atoms with Crippen molar-refractivity contribution in [1.82, 2.24) is 20.3 Å². The molecule has 2 heterocycles. The fraction of sp³-hybridized carbons (Fsp3) is 0.222. The SMILES string of the molecule is Cc1nc(COc2ccc(/C=C3/CC/C(=C\c4ccc(OCc5noc(C)n5)cc4)C3=O)cc2)no1. The van der Waals surface area contributed by atoms with Gasteiger partial charge in [-0.3, -0.25) is 4.79 Å². The molecule has 0 bridgehead atoms. The summed E-state index contributed by atoms with van der Waals surface area (Å²) >= 11 is 0. The molecule has 0 radical (unpaired) electrons. The van der Waals surface area contributed by atoms with E-state index in [9.17, 15) is 4.79 Å². The van der Waals surface area contributed by atoms with Crippen molar-refractivity contribution >= 4 is 17.9 Å². The lowest BCUT2D eigenvalue weighted by molar-refractivity contribution is -0.111. The molecule has 2 aromatic carbocycles. The molecule has 0 amide bonds. The Kier molecular flexibility index (Phi) is 6.70. The standard InChI is InChI=1S/C27H24N4O5/c1-17-28-25(30-35-17)15-33-23-9-3-19(4-10-23)13-21-7-8-22(27(21)32)14-20-5-11-24(12-6-20)34-16-26-29-18(2)36-31-26/h3-6,9-14H,7-8,15-16H2,1-2H3/b21-13-,22-14+. The van der Waals surface area contributed by atoms with Crippen molar-refractivity contribution in [3.63, 3.8) is 0 Å². The third kappa shape index (κ3) is 5.75. The average molecular weight is 485 g/mol. The first-order chi connectivity index (χ1) is 17.5. The van der Waals surface area contributed by atoms with Crippen LogP contribution >= 0.6 is 0 Å². The number of ether oxygens (including phenoxy) is 2. The van der Waals surface area contributed by atoms with E-state index in [1.807, 2.05) is 60.7 Å². The number of nitrogens with zero attached hydrogens (tertiary/aromatic N) is 4. The first kappa shape index (κ1) is 23.2. The molecule has 1 fully saturated rings. The monoisotopic (exact) mass is 484 g/mol. The molecule has 4 aromatic rings. The van der Waals surface area contributed by atoms with Gasteiger partial charge < -0.3 is 18.5 Å². The average Bonchev–Trinajstić information content (AvgIpc) is 3.59. The van der Waals surface area contributed by atoms with E-state index in [-0.39, 0.29) is 19.0 Å². The Bertz CT molecular complexity index is 1310. The minimum absolute atomic E-state index is 0.0793. The van der Waals surface area contributed by atoms with Gasteiger partial charge in [0.15, 0.2) is 19.0 Å². The van der Waals surface area contributed by atoms with Crippen LogP contribution < -0.4 is 9.47 Å². The largest absolute Gasteiger partial charge is 0.485 e. The van der Waals surface area contributed by atoms with Crippen LogP contribution in [-0.4, -0.2) is 26.1 Å². The Labute approximate surface area is 207 Å². The van der Waals surface area contributed by atoms with Crippen LogP contribution in [0.3, 0.4) is 0 Å². The van der Waals surface area contributed by atoms with Crippen LogP contribution in [0.25, 0.3) is 12.2 Å². The topological polar surface area (TPSA) is 113 Å². The van der Waals surface area contributed by atoms with Gasteiger partial charge in [-0.25, -0.2) is 0 Å². The fourth-order valence-electron chi connectivity index (χ4n) is 3.80. The summed E-state index contributed by atoms with van der Waals surface area (Å²) in [5.74, 6) is 3.46. The van der Waals surface area contributed by atoms with E-state index in [2.05, 4.69) is 20.3 Å². The van der Waals surface area contributed by atoms with E-state index in [0.29, 0.717) is 47.8 Å². The molecule has 9 nitrogen and oxygen atoms in total. The molecule has 36 heavy (non-hydrogen) atoms. The molecule has 9 heteroatoms. The van der Waals surface area contributed by atoms with E-state index in [0.717, 1.165) is 22.3 Å². The molecule has 1 aliphatic carbocycles. The molecule has 0 unspecified atom stereocenters. The van der Waals surface area contributed by atoms with Crippen molar-refractivity contribution in [3.8, 4) is 11.5 Å². The first-order valence-corrected chi connectivity index (χ1v) is 11.5. The smallest absolute Gasteiger partial charge is 0.223 e. The minimum Gasteiger partial charge on any atom is -0.485 e. The number of benzene rings is 2. The molecule has 0 aliphatic heterocycles. The lowest BCUT2D eigenvalue weighted by Crippen LogP contribution is -1.98. The molecule has 0 spiro atoms. The molecule has 1 saturated carbocycles. The number of hydrogen-bond donors (Lipinski definition) is 0. The summed E-state index contributed by atoms with van der Waals surface area (Å²) in [6.45, 7) is 3.93. The second kappa shape index (κ2) is 10.4. The fourth-order valence-corrected chi connectivity index (χ4v) is 3.80. The van der Waals surface area contributed by atoms with Crippen molar-refractivity contribution < 1.29 is 23.3 Å². The number of rotatable bonds is 8. The van der Waals surface area contributed by atoms with Crippen LogP contribution in [0.5, 0.6) is 11.5 Å².